The zero-order chi connectivity index (χ0) is 21.7. The van der Waals surface area contributed by atoms with Gasteiger partial charge in [-0.05, 0) is 44.0 Å². The molecular weight excluding hydrogens is 402 g/mol. The largest absolute Gasteiger partial charge is 0.489 e. The molecule has 7 nitrogen and oxygen atoms in total. The van der Waals surface area contributed by atoms with E-state index in [0.29, 0.717) is 25.9 Å². The van der Waals surface area contributed by atoms with Gasteiger partial charge in [0.1, 0.15) is 11.9 Å². The van der Waals surface area contributed by atoms with Crippen molar-refractivity contribution in [1.29, 1.82) is 0 Å². The van der Waals surface area contributed by atoms with E-state index in [0.717, 1.165) is 30.0 Å². The molecule has 2 aromatic rings. The van der Waals surface area contributed by atoms with Crippen molar-refractivity contribution in [3.05, 3.63) is 59.2 Å². The predicted octanol–water partition coefficient (Wildman–Crippen LogP) is 1.97. The summed E-state index contributed by atoms with van der Waals surface area (Å²) in [6.07, 6.45) is 1.10. The number of nitrogens with two attached hydrogens (primary N) is 1. The summed E-state index contributed by atoms with van der Waals surface area (Å²) in [4.78, 5) is 14.6. The van der Waals surface area contributed by atoms with Crippen molar-refractivity contribution < 1.29 is 17.9 Å². The lowest BCUT2D eigenvalue weighted by molar-refractivity contribution is -0.121. The first-order valence-electron chi connectivity index (χ1n) is 10.1. The Morgan fingerprint density at radius 3 is 2.67 bits per heavy atom. The topological polar surface area (TPSA) is 102 Å². The van der Waals surface area contributed by atoms with Crippen LogP contribution in [0.3, 0.4) is 0 Å². The molecule has 1 aliphatic heterocycles. The molecular formula is C22H29N3O4S. The van der Waals surface area contributed by atoms with Gasteiger partial charge < -0.3 is 10.1 Å². The molecule has 0 bridgehead atoms. The number of amides is 1. The van der Waals surface area contributed by atoms with Crippen molar-refractivity contribution in [3.63, 3.8) is 0 Å². The van der Waals surface area contributed by atoms with Crippen LogP contribution in [0.5, 0.6) is 5.75 Å². The molecule has 1 amide bonds. The number of primary sulfonamides is 1. The molecule has 1 unspecified atom stereocenters. The Morgan fingerprint density at radius 1 is 1.23 bits per heavy atom. The van der Waals surface area contributed by atoms with E-state index in [-0.39, 0.29) is 16.9 Å². The number of carbonyl (C=O) groups is 1. The summed E-state index contributed by atoms with van der Waals surface area (Å²) in [5.41, 5.74) is 3.29. The van der Waals surface area contributed by atoms with Crippen LogP contribution in [0.1, 0.15) is 30.0 Å². The van der Waals surface area contributed by atoms with Crippen LogP contribution in [0.4, 0.5) is 0 Å². The van der Waals surface area contributed by atoms with E-state index in [1.807, 2.05) is 13.0 Å². The molecule has 0 saturated heterocycles. The average molecular weight is 432 g/mol. The lowest BCUT2D eigenvalue weighted by atomic mass is 10.1. The minimum atomic E-state index is -3.68. The number of nitrogens with zero attached hydrogens (tertiary/aromatic N) is 1. The van der Waals surface area contributed by atoms with Crippen molar-refractivity contribution >= 4 is 15.9 Å². The van der Waals surface area contributed by atoms with Crippen LogP contribution in [-0.4, -0.2) is 45.0 Å². The molecule has 1 atom stereocenters. The van der Waals surface area contributed by atoms with Gasteiger partial charge in [0.2, 0.25) is 15.9 Å². The number of sulfonamides is 1. The van der Waals surface area contributed by atoms with E-state index < -0.39 is 10.0 Å². The molecule has 0 saturated carbocycles. The number of rotatable bonds is 7. The smallest absolute Gasteiger partial charge is 0.238 e. The van der Waals surface area contributed by atoms with E-state index in [1.165, 1.54) is 17.7 Å². The zero-order valence-electron chi connectivity index (χ0n) is 17.4. The Balaban J connectivity index is 1.45. The number of ether oxygens (including phenoxy) is 1. The SMILES string of the molecule is Cc1ccc2c(c1)CN(CCC(=O)NCCc1ccc(S(N)(=O)=O)cc1)CC(C)O2. The molecule has 1 heterocycles. The highest BCUT2D eigenvalue weighted by molar-refractivity contribution is 7.89. The second-order valence-corrected chi connectivity index (χ2v) is 9.38. The van der Waals surface area contributed by atoms with E-state index in [9.17, 15) is 13.2 Å². The fraction of sp³-hybridized carbons (Fsp3) is 0.409. The molecule has 3 N–H and O–H groups in total. The Labute approximate surface area is 178 Å². The molecule has 2 aromatic carbocycles. The number of aryl methyl sites for hydroxylation is 1. The van der Waals surface area contributed by atoms with Crippen molar-refractivity contribution in [2.45, 2.75) is 44.2 Å². The summed E-state index contributed by atoms with van der Waals surface area (Å²) in [7, 11) is -3.68. The third-order valence-corrected chi connectivity index (χ3v) is 6.03. The monoisotopic (exact) mass is 431 g/mol. The van der Waals surface area contributed by atoms with Crippen LogP contribution in [0, 0.1) is 6.92 Å². The Bertz CT molecular complexity index is 990. The highest BCUT2D eigenvalue weighted by atomic mass is 32.2. The summed E-state index contributed by atoms with van der Waals surface area (Å²) in [6, 6.07) is 12.6. The number of hydrogen-bond donors (Lipinski definition) is 2. The van der Waals surface area contributed by atoms with Gasteiger partial charge in [-0.3, -0.25) is 9.69 Å². The lowest BCUT2D eigenvalue weighted by Gasteiger charge is -2.21. The first-order valence-corrected chi connectivity index (χ1v) is 11.6. The van der Waals surface area contributed by atoms with Gasteiger partial charge in [-0.25, -0.2) is 13.6 Å². The summed E-state index contributed by atoms with van der Waals surface area (Å²) in [6.45, 7) is 6.81. The summed E-state index contributed by atoms with van der Waals surface area (Å²) in [5.74, 6) is 0.923. The molecule has 3 rings (SSSR count). The van der Waals surface area contributed by atoms with Gasteiger partial charge in [0.05, 0.1) is 4.90 Å². The highest BCUT2D eigenvalue weighted by Crippen LogP contribution is 2.26. The van der Waals surface area contributed by atoms with Gasteiger partial charge in [-0.1, -0.05) is 29.8 Å². The molecule has 0 aromatic heterocycles. The van der Waals surface area contributed by atoms with E-state index in [1.54, 1.807) is 12.1 Å². The van der Waals surface area contributed by atoms with Crippen LogP contribution in [-0.2, 0) is 27.8 Å². The molecule has 30 heavy (non-hydrogen) atoms. The Hall–Kier alpha value is -2.42. The number of nitrogens with one attached hydrogen (secondary N) is 1. The van der Waals surface area contributed by atoms with Gasteiger partial charge in [-0.2, -0.15) is 0 Å². The first kappa shape index (κ1) is 22.3. The van der Waals surface area contributed by atoms with Crippen LogP contribution >= 0.6 is 0 Å². The fourth-order valence-electron chi connectivity index (χ4n) is 3.58. The Kier molecular flexibility index (Phi) is 7.12. The van der Waals surface area contributed by atoms with Crippen LogP contribution in [0.2, 0.25) is 0 Å². The number of hydrogen-bond acceptors (Lipinski definition) is 5. The second-order valence-electron chi connectivity index (χ2n) is 7.81. The number of carbonyl (C=O) groups excluding carboxylic acids is 1. The van der Waals surface area contributed by atoms with E-state index in [2.05, 4.69) is 29.3 Å². The number of benzene rings is 2. The quantitative estimate of drug-likeness (QED) is 0.698. The van der Waals surface area contributed by atoms with Crippen molar-refractivity contribution in [3.8, 4) is 5.75 Å². The van der Waals surface area contributed by atoms with Crippen molar-refractivity contribution in [2.75, 3.05) is 19.6 Å². The summed E-state index contributed by atoms with van der Waals surface area (Å²) in [5, 5.41) is 8.03. The summed E-state index contributed by atoms with van der Waals surface area (Å²) >= 11 is 0. The summed E-state index contributed by atoms with van der Waals surface area (Å²) < 4.78 is 28.6. The maximum absolute atomic E-state index is 12.3. The predicted molar refractivity (Wildman–Crippen MR) is 116 cm³/mol. The van der Waals surface area contributed by atoms with Gasteiger partial charge >= 0.3 is 0 Å². The maximum atomic E-state index is 12.3. The average Bonchev–Trinajstić information content (AvgIpc) is 2.83. The van der Waals surface area contributed by atoms with E-state index >= 15 is 0 Å². The molecule has 8 heteroatoms. The minimum Gasteiger partial charge on any atom is -0.489 e. The van der Waals surface area contributed by atoms with Gasteiger partial charge in [-0.15, -0.1) is 0 Å². The van der Waals surface area contributed by atoms with Crippen LogP contribution in [0.25, 0.3) is 0 Å². The van der Waals surface area contributed by atoms with Crippen LogP contribution in [0.15, 0.2) is 47.4 Å². The molecule has 0 spiro atoms. The van der Waals surface area contributed by atoms with Gasteiger partial charge in [0.25, 0.3) is 0 Å². The molecule has 0 radical (unpaired) electrons. The molecule has 0 aliphatic carbocycles. The van der Waals surface area contributed by atoms with Gasteiger partial charge in [0, 0.05) is 38.2 Å². The standard InChI is InChI=1S/C22H29N3O4S/c1-16-3-8-21-19(13-16)15-25(14-17(2)29-21)12-10-22(26)24-11-9-18-4-6-20(7-5-18)30(23,27)28/h3-8,13,17H,9-12,14-15H2,1-2H3,(H,24,26)(H2,23,27,28). The lowest BCUT2D eigenvalue weighted by Crippen LogP contribution is -2.35. The molecule has 1 aliphatic rings. The van der Waals surface area contributed by atoms with Crippen molar-refractivity contribution in [1.82, 2.24) is 10.2 Å². The molecule has 0 fully saturated rings. The normalized spacial score (nSPS) is 17.0. The second kappa shape index (κ2) is 9.59. The van der Waals surface area contributed by atoms with E-state index in [4.69, 9.17) is 9.88 Å². The minimum absolute atomic E-state index is 0.00144. The highest BCUT2D eigenvalue weighted by Gasteiger charge is 2.20. The molecule has 162 valence electrons. The first-order chi connectivity index (χ1) is 14.2. The maximum Gasteiger partial charge on any atom is 0.238 e. The zero-order valence-corrected chi connectivity index (χ0v) is 18.2. The Morgan fingerprint density at radius 2 is 1.97 bits per heavy atom. The van der Waals surface area contributed by atoms with Crippen molar-refractivity contribution in [2.24, 2.45) is 5.14 Å². The van der Waals surface area contributed by atoms with Gasteiger partial charge in [0.15, 0.2) is 0 Å². The fourth-order valence-corrected chi connectivity index (χ4v) is 4.10. The third-order valence-electron chi connectivity index (χ3n) is 5.10. The van der Waals surface area contributed by atoms with Crippen LogP contribution < -0.4 is 15.2 Å². The number of fused-ring (bicyclic) bond motifs is 1. The third kappa shape index (κ3) is 6.29.